The number of hydrogen-bond donors (Lipinski definition) is 0. The third-order valence-electron chi connectivity index (χ3n) is 4.09. The first-order valence-electron chi connectivity index (χ1n) is 7.61. The molecule has 3 rings (SSSR count). The topological polar surface area (TPSA) is 93.4 Å². The zero-order valence-corrected chi connectivity index (χ0v) is 13.7. The molecule has 0 unspecified atom stereocenters. The highest BCUT2D eigenvalue weighted by Gasteiger charge is 2.35. The molecule has 1 aromatic heterocycles. The Labute approximate surface area is 140 Å². The van der Waals surface area contributed by atoms with Gasteiger partial charge in [0, 0.05) is 24.9 Å². The molecule has 0 aliphatic carbocycles. The fourth-order valence-electron chi connectivity index (χ4n) is 2.95. The number of aromatic nitrogens is 1. The lowest BCUT2D eigenvalue weighted by molar-refractivity contribution is -0.384. The number of pyridine rings is 1. The van der Waals surface area contributed by atoms with E-state index in [0.29, 0.717) is 12.1 Å². The molecular formula is C16H17N3O4S. The van der Waals surface area contributed by atoms with Gasteiger partial charge in [-0.15, -0.1) is 0 Å². The van der Waals surface area contributed by atoms with E-state index < -0.39 is 14.9 Å². The maximum absolute atomic E-state index is 12.8. The highest BCUT2D eigenvalue weighted by molar-refractivity contribution is 7.88. The van der Waals surface area contributed by atoms with Crippen molar-refractivity contribution in [2.75, 3.05) is 6.54 Å². The van der Waals surface area contributed by atoms with E-state index in [1.54, 1.807) is 12.3 Å². The van der Waals surface area contributed by atoms with Crippen LogP contribution in [-0.2, 0) is 15.8 Å². The van der Waals surface area contributed by atoms with Crippen molar-refractivity contribution in [3.63, 3.8) is 0 Å². The molecule has 0 spiro atoms. The van der Waals surface area contributed by atoms with Crippen LogP contribution in [0.3, 0.4) is 0 Å². The second kappa shape index (κ2) is 6.66. The van der Waals surface area contributed by atoms with Gasteiger partial charge in [0.05, 0.1) is 22.4 Å². The summed E-state index contributed by atoms with van der Waals surface area (Å²) in [4.78, 5) is 14.5. The van der Waals surface area contributed by atoms with Gasteiger partial charge in [-0.05, 0) is 30.5 Å². The summed E-state index contributed by atoms with van der Waals surface area (Å²) in [5, 5.41) is 10.7. The van der Waals surface area contributed by atoms with Crippen LogP contribution in [0.4, 0.5) is 5.69 Å². The Hall–Kier alpha value is -2.32. The molecule has 0 radical (unpaired) electrons. The molecule has 126 valence electrons. The average Bonchev–Trinajstić information content (AvgIpc) is 3.06. The zero-order chi connectivity index (χ0) is 17.2. The normalized spacial score (nSPS) is 18.6. The molecule has 7 nitrogen and oxygen atoms in total. The van der Waals surface area contributed by atoms with E-state index in [1.807, 2.05) is 12.1 Å². The van der Waals surface area contributed by atoms with Crippen LogP contribution >= 0.6 is 0 Å². The minimum atomic E-state index is -3.52. The van der Waals surface area contributed by atoms with Crippen molar-refractivity contribution < 1.29 is 13.3 Å². The number of nitro groups is 1. The molecule has 0 N–H and O–H groups in total. The van der Waals surface area contributed by atoms with Crippen LogP contribution in [0, 0.1) is 10.1 Å². The predicted molar refractivity (Wildman–Crippen MR) is 88.6 cm³/mol. The summed E-state index contributed by atoms with van der Waals surface area (Å²) in [6.07, 6.45) is 3.20. The number of sulfonamides is 1. The summed E-state index contributed by atoms with van der Waals surface area (Å²) >= 11 is 0. The molecule has 0 amide bonds. The van der Waals surface area contributed by atoms with Crippen LogP contribution in [-0.4, -0.2) is 29.2 Å². The average molecular weight is 347 g/mol. The first-order valence-corrected chi connectivity index (χ1v) is 9.22. The number of nitro benzene ring substituents is 1. The highest BCUT2D eigenvalue weighted by Crippen LogP contribution is 2.34. The molecule has 2 heterocycles. The summed E-state index contributed by atoms with van der Waals surface area (Å²) in [6.45, 7) is 0.469. The summed E-state index contributed by atoms with van der Waals surface area (Å²) in [7, 11) is -3.52. The second-order valence-corrected chi connectivity index (χ2v) is 7.62. The van der Waals surface area contributed by atoms with E-state index >= 15 is 0 Å². The third kappa shape index (κ3) is 3.44. The van der Waals surface area contributed by atoms with Crippen molar-refractivity contribution in [2.45, 2.75) is 24.6 Å². The van der Waals surface area contributed by atoms with Gasteiger partial charge >= 0.3 is 0 Å². The Morgan fingerprint density at radius 1 is 1.21 bits per heavy atom. The van der Waals surface area contributed by atoms with Gasteiger partial charge in [-0.25, -0.2) is 8.42 Å². The van der Waals surface area contributed by atoms with Crippen LogP contribution < -0.4 is 0 Å². The quantitative estimate of drug-likeness (QED) is 0.612. The molecule has 1 saturated heterocycles. The van der Waals surface area contributed by atoms with Crippen LogP contribution in [0.2, 0.25) is 0 Å². The van der Waals surface area contributed by atoms with Crippen LogP contribution in [0.1, 0.15) is 30.1 Å². The lowest BCUT2D eigenvalue weighted by Gasteiger charge is -2.23. The molecule has 1 fully saturated rings. The smallest absolute Gasteiger partial charge is 0.260 e. The molecule has 1 atom stereocenters. The van der Waals surface area contributed by atoms with Gasteiger partial charge in [-0.1, -0.05) is 18.2 Å². The van der Waals surface area contributed by atoms with E-state index in [0.717, 1.165) is 18.5 Å². The SMILES string of the molecule is O=[N+]([O-])c1ccc(CS(=O)(=O)N2CCC[C@@H]2c2ccccn2)cc1. The number of nitrogens with zero attached hydrogens (tertiary/aromatic N) is 3. The highest BCUT2D eigenvalue weighted by atomic mass is 32.2. The van der Waals surface area contributed by atoms with E-state index in [2.05, 4.69) is 4.98 Å². The minimum absolute atomic E-state index is 0.0521. The fourth-order valence-corrected chi connectivity index (χ4v) is 4.74. The fraction of sp³-hybridized carbons (Fsp3) is 0.312. The first kappa shape index (κ1) is 16.5. The molecule has 1 aromatic carbocycles. The van der Waals surface area contributed by atoms with Crippen molar-refractivity contribution >= 4 is 15.7 Å². The van der Waals surface area contributed by atoms with E-state index in [1.165, 1.54) is 28.6 Å². The molecule has 1 aliphatic rings. The van der Waals surface area contributed by atoms with E-state index in [4.69, 9.17) is 0 Å². The Morgan fingerprint density at radius 2 is 1.96 bits per heavy atom. The van der Waals surface area contributed by atoms with Crippen molar-refractivity contribution in [3.05, 3.63) is 70.0 Å². The predicted octanol–water partition coefficient (Wildman–Crippen LogP) is 2.66. The van der Waals surface area contributed by atoms with Gasteiger partial charge in [0.15, 0.2) is 0 Å². The van der Waals surface area contributed by atoms with Gasteiger partial charge in [-0.2, -0.15) is 4.31 Å². The maximum atomic E-state index is 12.8. The number of non-ortho nitro benzene ring substituents is 1. The Kier molecular flexibility index (Phi) is 4.59. The Morgan fingerprint density at radius 3 is 2.58 bits per heavy atom. The standard InChI is InChI=1S/C16H17N3O4S/c20-19(21)14-8-6-13(7-9-14)12-24(22,23)18-11-3-5-16(18)15-4-1-2-10-17-15/h1-2,4,6-10,16H,3,5,11-12H2/t16-/m1/s1. The van der Waals surface area contributed by atoms with Crippen LogP contribution in [0.25, 0.3) is 0 Å². The Balaban J connectivity index is 1.80. The van der Waals surface area contributed by atoms with Crippen molar-refractivity contribution in [1.29, 1.82) is 0 Å². The van der Waals surface area contributed by atoms with Gasteiger partial charge in [-0.3, -0.25) is 15.1 Å². The zero-order valence-electron chi connectivity index (χ0n) is 12.9. The first-order chi connectivity index (χ1) is 11.5. The molecule has 1 aliphatic heterocycles. The number of hydrogen-bond acceptors (Lipinski definition) is 5. The van der Waals surface area contributed by atoms with E-state index in [-0.39, 0.29) is 17.5 Å². The molecule has 0 bridgehead atoms. The molecule has 24 heavy (non-hydrogen) atoms. The summed E-state index contributed by atoms with van der Waals surface area (Å²) in [5.41, 5.74) is 1.23. The maximum Gasteiger partial charge on any atom is 0.269 e. The van der Waals surface area contributed by atoms with Gasteiger partial charge < -0.3 is 0 Å². The summed E-state index contributed by atoms with van der Waals surface area (Å²) in [5.74, 6) is -0.172. The van der Waals surface area contributed by atoms with Crippen molar-refractivity contribution in [3.8, 4) is 0 Å². The number of benzene rings is 1. The Bertz CT molecular complexity index is 822. The van der Waals surface area contributed by atoms with Crippen LogP contribution in [0.5, 0.6) is 0 Å². The number of rotatable bonds is 5. The molecule has 8 heteroatoms. The largest absolute Gasteiger partial charge is 0.269 e. The molecule has 2 aromatic rings. The summed E-state index contributed by atoms with van der Waals surface area (Å²) in [6, 6.07) is 10.9. The van der Waals surface area contributed by atoms with Crippen molar-refractivity contribution in [1.82, 2.24) is 9.29 Å². The van der Waals surface area contributed by atoms with E-state index in [9.17, 15) is 18.5 Å². The van der Waals surface area contributed by atoms with Crippen molar-refractivity contribution in [2.24, 2.45) is 0 Å². The third-order valence-corrected chi connectivity index (χ3v) is 5.94. The molecule has 0 saturated carbocycles. The minimum Gasteiger partial charge on any atom is -0.260 e. The summed E-state index contributed by atoms with van der Waals surface area (Å²) < 4.78 is 27.0. The monoisotopic (exact) mass is 347 g/mol. The lowest BCUT2D eigenvalue weighted by atomic mass is 10.1. The molecular weight excluding hydrogens is 330 g/mol. The van der Waals surface area contributed by atoms with Gasteiger partial charge in [0.1, 0.15) is 0 Å². The second-order valence-electron chi connectivity index (χ2n) is 5.70. The van der Waals surface area contributed by atoms with Crippen LogP contribution in [0.15, 0.2) is 48.7 Å². The lowest BCUT2D eigenvalue weighted by Crippen LogP contribution is -2.32. The van der Waals surface area contributed by atoms with Gasteiger partial charge in [0.25, 0.3) is 5.69 Å². The van der Waals surface area contributed by atoms with Gasteiger partial charge in [0.2, 0.25) is 10.0 Å².